The van der Waals surface area contributed by atoms with E-state index in [0.717, 1.165) is 6.42 Å². The normalized spacial score (nSPS) is 25.5. The first-order valence-corrected chi connectivity index (χ1v) is 2.43. The van der Waals surface area contributed by atoms with Crippen molar-refractivity contribution in [2.45, 2.75) is 17.5 Å². The Labute approximate surface area is 49.6 Å². The molecule has 0 aromatic heterocycles. The molecular weight excluding hydrogens is 140 g/mol. The molecule has 0 aromatic rings. The minimum absolute atomic E-state index is 0.0436. The third-order valence-corrected chi connectivity index (χ3v) is 1.56. The van der Waals surface area contributed by atoms with Crippen LogP contribution in [0.15, 0.2) is 0 Å². The van der Waals surface area contributed by atoms with E-state index < -0.39 is 11.1 Å². The quantitative estimate of drug-likeness (QED) is 0.456. The lowest BCUT2D eigenvalue weighted by atomic mass is 10.4. The van der Waals surface area contributed by atoms with Gasteiger partial charge in [-0.25, -0.2) is 0 Å². The first-order chi connectivity index (χ1) is 3.46. The second kappa shape index (κ2) is 1.32. The van der Waals surface area contributed by atoms with Gasteiger partial charge < -0.3 is 0 Å². The fourth-order valence-corrected chi connectivity index (χ4v) is 0.398. The highest BCUT2D eigenvalue weighted by atomic mass is 35.5. The molecule has 1 unspecified atom stereocenters. The molecule has 8 heavy (non-hydrogen) atoms. The highest BCUT2D eigenvalue weighted by molar-refractivity contribution is 6.28. The fraction of sp³-hybridized carbons (Fsp3) is 0.750. The zero-order valence-electron chi connectivity index (χ0n) is 3.80. The van der Waals surface area contributed by atoms with E-state index in [-0.39, 0.29) is 6.42 Å². The zero-order chi connectivity index (χ0) is 6.41. The molecule has 1 saturated carbocycles. The molecule has 1 aliphatic rings. The molecule has 0 bridgehead atoms. The lowest BCUT2D eigenvalue weighted by molar-refractivity contribution is -0.135. The van der Waals surface area contributed by atoms with E-state index in [1.54, 1.807) is 0 Å². The largest absolute Gasteiger partial charge is 0.407 e. The first kappa shape index (κ1) is 6.20. The Kier molecular flexibility index (Phi) is 1.02. The van der Waals surface area contributed by atoms with Gasteiger partial charge in [0.25, 0.3) is 0 Å². The van der Waals surface area contributed by atoms with Crippen molar-refractivity contribution in [2.75, 3.05) is 0 Å². The van der Waals surface area contributed by atoms with Crippen molar-refractivity contribution < 1.29 is 13.2 Å². The molecule has 1 fully saturated rings. The molecule has 0 nitrogen and oxygen atoms in total. The highest BCUT2D eigenvalue weighted by Gasteiger charge is 2.62. The van der Waals surface area contributed by atoms with Crippen LogP contribution in [0, 0.1) is 6.42 Å². The molecule has 47 valence electrons. The predicted molar refractivity (Wildman–Crippen MR) is 23.6 cm³/mol. The summed E-state index contributed by atoms with van der Waals surface area (Å²) in [6.07, 6.45) is -3.25. The number of alkyl halides is 4. The lowest BCUT2D eigenvalue weighted by Crippen LogP contribution is -2.24. The molecule has 0 saturated heterocycles. The van der Waals surface area contributed by atoms with Crippen LogP contribution in [0.2, 0.25) is 0 Å². The number of rotatable bonds is 0. The molecule has 1 radical (unpaired) electrons. The molecule has 0 aliphatic heterocycles. The minimum atomic E-state index is -4.24. The maximum atomic E-state index is 11.5. The molecular formula is C4H3ClF3. The van der Waals surface area contributed by atoms with Crippen LogP contribution >= 0.6 is 11.6 Å². The minimum Gasteiger partial charge on any atom is -0.169 e. The Bertz CT molecular complexity index is 99.1. The second-order valence-corrected chi connectivity index (χ2v) is 2.44. The van der Waals surface area contributed by atoms with Crippen molar-refractivity contribution in [3.63, 3.8) is 0 Å². The van der Waals surface area contributed by atoms with Crippen molar-refractivity contribution >= 4 is 11.6 Å². The zero-order valence-corrected chi connectivity index (χ0v) is 4.55. The van der Waals surface area contributed by atoms with Gasteiger partial charge in [0, 0.05) is 0 Å². The Morgan fingerprint density at radius 3 is 1.88 bits per heavy atom. The summed E-state index contributed by atoms with van der Waals surface area (Å²) >= 11 is 4.94. The summed E-state index contributed by atoms with van der Waals surface area (Å²) in [6, 6.07) is 0. The van der Waals surface area contributed by atoms with E-state index in [2.05, 4.69) is 0 Å². The molecule has 1 atom stereocenters. The van der Waals surface area contributed by atoms with Crippen LogP contribution in [0.3, 0.4) is 0 Å². The first-order valence-electron chi connectivity index (χ1n) is 2.06. The van der Waals surface area contributed by atoms with Gasteiger partial charge >= 0.3 is 6.18 Å². The van der Waals surface area contributed by atoms with Gasteiger partial charge in [-0.3, -0.25) is 0 Å². The average molecular weight is 144 g/mol. The van der Waals surface area contributed by atoms with Crippen LogP contribution in [0.5, 0.6) is 0 Å². The summed E-state index contributed by atoms with van der Waals surface area (Å²) in [5.41, 5.74) is 0. The van der Waals surface area contributed by atoms with E-state index in [1.165, 1.54) is 0 Å². The molecule has 0 aromatic carbocycles. The van der Waals surface area contributed by atoms with Crippen molar-refractivity contribution in [3.8, 4) is 0 Å². The van der Waals surface area contributed by atoms with Crippen molar-refractivity contribution in [2.24, 2.45) is 0 Å². The summed E-state index contributed by atoms with van der Waals surface area (Å²) in [6.45, 7) is 0. The SMILES string of the molecule is FC(F)(F)C1(Cl)[CH]C1. The van der Waals surface area contributed by atoms with Crippen molar-refractivity contribution in [1.29, 1.82) is 0 Å². The highest BCUT2D eigenvalue weighted by Crippen LogP contribution is 2.53. The molecule has 0 heterocycles. The molecule has 1 rings (SSSR count). The van der Waals surface area contributed by atoms with E-state index in [1.807, 2.05) is 0 Å². The summed E-state index contributed by atoms with van der Waals surface area (Å²) in [5, 5.41) is 0. The summed E-state index contributed by atoms with van der Waals surface area (Å²) in [7, 11) is 0. The van der Waals surface area contributed by atoms with Gasteiger partial charge in [0.15, 0.2) is 0 Å². The summed E-state index contributed by atoms with van der Waals surface area (Å²) in [4.78, 5) is -1.97. The summed E-state index contributed by atoms with van der Waals surface area (Å²) < 4.78 is 34.4. The third kappa shape index (κ3) is 0.791. The molecule has 0 spiro atoms. The van der Waals surface area contributed by atoms with Gasteiger partial charge in [0.05, 0.1) is 0 Å². The third-order valence-electron chi connectivity index (χ3n) is 1.03. The van der Waals surface area contributed by atoms with Gasteiger partial charge in [0.2, 0.25) is 0 Å². The van der Waals surface area contributed by atoms with E-state index >= 15 is 0 Å². The van der Waals surface area contributed by atoms with Crippen LogP contribution in [0.1, 0.15) is 6.42 Å². The fourth-order valence-electron chi connectivity index (χ4n) is 0.321. The monoisotopic (exact) mass is 143 g/mol. The van der Waals surface area contributed by atoms with Gasteiger partial charge in [-0.2, -0.15) is 13.2 Å². The molecule has 4 heteroatoms. The number of halogens is 4. The van der Waals surface area contributed by atoms with Gasteiger partial charge in [-0.15, -0.1) is 11.6 Å². The molecule has 0 N–H and O–H groups in total. The average Bonchev–Trinajstić information content (AvgIpc) is 2.16. The van der Waals surface area contributed by atoms with Crippen LogP contribution in [-0.4, -0.2) is 11.1 Å². The number of hydrogen-bond donors (Lipinski definition) is 0. The lowest BCUT2D eigenvalue weighted by Gasteiger charge is -2.09. The Morgan fingerprint density at radius 2 is 1.88 bits per heavy atom. The molecule has 1 aliphatic carbocycles. The van der Waals surface area contributed by atoms with Crippen LogP contribution in [0.25, 0.3) is 0 Å². The predicted octanol–water partition coefficient (Wildman–Crippen LogP) is 2.13. The van der Waals surface area contributed by atoms with Gasteiger partial charge in [-0.1, -0.05) is 0 Å². The Morgan fingerprint density at radius 1 is 1.50 bits per heavy atom. The van der Waals surface area contributed by atoms with Crippen LogP contribution < -0.4 is 0 Å². The van der Waals surface area contributed by atoms with Crippen molar-refractivity contribution in [3.05, 3.63) is 6.42 Å². The topological polar surface area (TPSA) is 0 Å². The standard InChI is InChI=1S/C4H3ClF3/c5-3(1-2-3)4(6,7)8/h1H,2H2. The second-order valence-electron chi connectivity index (χ2n) is 1.77. The summed E-state index contributed by atoms with van der Waals surface area (Å²) in [5.74, 6) is 0. The number of hydrogen-bond acceptors (Lipinski definition) is 0. The Balaban J connectivity index is 2.58. The van der Waals surface area contributed by atoms with Crippen molar-refractivity contribution in [1.82, 2.24) is 0 Å². The van der Waals surface area contributed by atoms with E-state index in [4.69, 9.17) is 11.6 Å². The van der Waals surface area contributed by atoms with E-state index in [9.17, 15) is 13.2 Å². The van der Waals surface area contributed by atoms with E-state index in [0.29, 0.717) is 0 Å². The van der Waals surface area contributed by atoms with Gasteiger partial charge in [-0.05, 0) is 12.8 Å². The smallest absolute Gasteiger partial charge is 0.169 e. The Hall–Kier alpha value is 0.0800. The molecule has 0 amide bonds. The van der Waals surface area contributed by atoms with Crippen LogP contribution in [-0.2, 0) is 0 Å². The van der Waals surface area contributed by atoms with Crippen LogP contribution in [0.4, 0.5) is 13.2 Å². The maximum absolute atomic E-state index is 11.5. The maximum Gasteiger partial charge on any atom is 0.407 e. The van der Waals surface area contributed by atoms with Gasteiger partial charge in [0.1, 0.15) is 4.87 Å².